The van der Waals surface area contributed by atoms with Gasteiger partial charge in [0.1, 0.15) is 0 Å². The molecule has 0 bridgehead atoms. The lowest BCUT2D eigenvalue weighted by Gasteiger charge is -2.12. The Labute approximate surface area is 123 Å². The van der Waals surface area contributed by atoms with Crippen LogP contribution in [0.4, 0.5) is 0 Å². The Morgan fingerprint density at radius 1 is 1.06 bits per heavy atom. The topological polar surface area (TPSA) is 17.8 Å². The fourth-order valence-electron chi connectivity index (χ4n) is 2.44. The summed E-state index contributed by atoms with van der Waals surface area (Å²) in [5, 5.41) is 4.62. The van der Waals surface area contributed by atoms with Crippen molar-refractivity contribution >= 4 is 22.6 Å². The number of halogens is 1. The van der Waals surface area contributed by atoms with Crippen molar-refractivity contribution in [2.24, 2.45) is 0 Å². The Bertz CT molecular complexity index is 574. The maximum atomic E-state index is 4.62. The molecule has 1 aromatic carbocycles. The molecule has 0 saturated carbocycles. The van der Waals surface area contributed by atoms with Gasteiger partial charge in [-0.1, -0.05) is 17.7 Å². The van der Waals surface area contributed by atoms with Gasteiger partial charge >= 0.3 is 0 Å². The number of hydrogen-bond donors (Lipinski definition) is 0. The summed E-state index contributed by atoms with van der Waals surface area (Å²) in [6, 6.07) is 4.50. The summed E-state index contributed by atoms with van der Waals surface area (Å²) in [6.45, 7) is 11.6. The summed E-state index contributed by atoms with van der Waals surface area (Å²) in [7, 11) is 0. The molecule has 0 amide bonds. The number of aromatic nitrogens is 2. The monoisotopic (exact) mass is 354 g/mol. The van der Waals surface area contributed by atoms with Crippen LogP contribution in [0.2, 0.25) is 0 Å². The first-order chi connectivity index (χ1) is 8.40. The molecule has 0 fully saturated rings. The van der Waals surface area contributed by atoms with Crippen LogP contribution in [0.3, 0.4) is 0 Å². The van der Waals surface area contributed by atoms with Crippen molar-refractivity contribution in [1.82, 2.24) is 9.78 Å². The number of hydrogen-bond acceptors (Lipinski definition) is 1. The molecule has 0 aliphatic carbocycles. The minimum Gasteiger partial charge on any atom is -0.264 e. The van der Waals surface area contributed by atoms with Gasteiger partial charge in [-0.2, -0.15) is 5.10 Å². The molecule has 2 rings (SSSR count). The zero-order chi connectivity index (χ0) is 13.4. The van der Waals surface area contributed by atoms with E-state index in [2.05, 4.69) is 79.1 Å². The molecule has 2 nitrogen and oxygen atoms in total. The lowest BCUT2D eigenvalue weighted by atomic mass is 10.00. The van der Waals surface area contributed by atoms with Gasteiger partial charge in [-0.25, -0.2) is 0 Å². The summed E-state index contributed by atoms with van der Waals surface area (Å²) < 4.78 is 3.39. The smallest absolute Gasteiger partial charge is 0.0730 e. The van der Waals surface area contributed by atoms with Gasteiger partial charge < -0.3 is 0 Å². The van der Waals surface area contributed by atoms with Gasteiger partial charge in [-0.05, 0) is 73.9 Å². The fraction of sp³-hybridized carbons (Fsp3) is 0.400. The number of rotatable bonds is 2. The van der Waals surface area contributed by atoms with E-state index in [4.69, 9.17) is 0 Å². The number of benzene rings is 1. The SMILES string of the molecule is Cc1cc(C)c(Cn2nc(C)c(I)c2C)c(C)c1. The minimum atomic E-state index is 0.869. The van der Waals surface area contributed by atoms with Crippen molar-refractivity contribution in [1.29, 1.82) is 0 Å². The van der Waals surface area contributed by atoms with Crippen LogP contribution in [0.25, 0.3) is 0 Å². The van der Waals surface area contributed by atoms with Crippen molar-refractivity contribution in [3.05, 3.63) is 49.3 Å². The van der Waals surface area contributed by atoms with Gasteiger partial charge in [-0.15, -0.1) is 0 Å². The van der Waals surface area contributed by atoms with E-state index in [1.807, 2.05) is 0 Å². The van der Waals surface area contributed by atoms with Gasteiger partial charge in [0.2, 0.25) is 0 Å². The average molecular weight is 354 g/mol. The largest absolute Gasteiger partial charge is 0.264 e. The maximum absolute atomic E-state index is 4.62. The van der Waals surface area contributed by atoms with Gasteiger partial charge in [0.25, 0.3) is 0 Å². The van der Waals surface area contributed by atoms with Crippen LogP contribution in [0.1, 0.15) is 33.6 Å². The lowest BCUT2D eigenvalue weighted by molar-refractivity contribution is 0.653. The molecule has 18 heavy (non-hydrogen) atoms. The summed E-state index contributed by atoms with van der Waals surface area (Å²) in [5.74, 6) is 0. The second kappa shape index (κ2) is 5.03. The van der Waals surface area contributed by atoms with Crippen molar-refractivity contribution in [2.45, 2.75) is 41.2 Å². The van der Waals surface area contributed by atoms with E-state index in [9.17, 15) is 0 Å². The Kier molecular flexibility index (Phi) is 3.80. The molecule has 0 saturated heterocycles. The first-order valence-electron chi connectivity index (χ1n) is 6.16. The molecule has 0 aliphatic rings. The van der Waals surface area contributed by atoms with Crippen LogP contribution in [0.5, 0.6) is 0 Å². The van der Waals surface area contributed by atoms with Gasteiger partial charge in [0.05, 0.1) is 15.8 Å². The summed E-state index contributed by atoms with van der Waals surface area (Å²) in [4.78, 5) is 0. The molecule has 0 radical (unpaired) electrons. The Morgan fingerprint density at radius 3 is 2.06 bits per heavy atom. The van der Waals surface area contributed by atoms with E-state index in [1.54, 1.807) is 0 Å². The van der Waals surface area contributed by atoms with Crippen LogP contribution in [0.15, 0.2) is 12.1 Å². The zero-order valence-corrected chi connectivity index (χ0v) is 13.8. The van der Waals surface area contributed by atoms with Crippen LogP contribution in [-0.2, 0) is 6.54 Å². The first-order valence-corrected chi connectivity index (χ1v) is 7.24. The van der Waals surface area contributed by atoms with Crippen LogP contribution in [0, 0.1) is 38.2 Å². The molecule has 1 aromatic heterocycles. The third kappa shape index (κ3) is 2.46. The highest BCUT2D eigenvalue weighted by Gasteiger charge is 2.11. The van der Waals surface area contributed by atoms with E-state index >= 15 is 0 Å². The van der Waals surface area contributed by atoms with E-state index < -0.39 is 0 Å². The van der Waals surface area contributed by atoms with E-state index in [0.717, 1.165) is 12.2 Å². The van der Waals surface area contributed by atoms with E-state index in [0.29, 0.717) is 0 Å². The molecular formula is C15H19IN2. The zero-order valence-electron chi connectivity index (χ0n) is 11.6. The molecule has 1 heterocycles. The van der Waals surface area contributed by atoms with Gasteiger partial charge in [0.15, 0.2) is 0 Å². The predicted octanol–water partition coefficient (Wildman–Crippen LogP) is 4.08. The molecule has 2 aromatic rings. The third-order valence-corrected chi connectivity index (χ3v) is 5.00. The molecular weight excluding hydrogens is 335 g/mol. The number of nitrogens with zero attached hydrogens (tertiary/aromatic N) is 2. The van der Waals surface area contributed by atoms with E-state index in [1.165, 1.54) is 31.5 Å². The van der Waals surface area contributed by atoms with E-state index in [-0.39, 0.29) is 0 Å². The standard InChI is InChI=1S/C15H19IN2/c1-9-6-10(2)14(11(3)7-9)8-18-13(5)15(16)12(4)17-18/h6-7H,8H2,1-5H3. The summed E-state index contributed by atoms with van der Waals surface area (Å²) in [6.07, 6.45) is 0. The summed E-state index contributed by atoms with van der Waals surface area (Å²) in [5.41, 5.74) is 7.81. The minimum absolute atomic E-state index is 0.869. The maximum Gasteiger partial charge on any atom is 0.0730 e. The highest BCUT2D eigenvalue weighted by Crippen LogP contribution is 2.21. The average Bonchev–Trinajstić information content (AvgIpc) is 2.51. The Morgan fingerprint density at radius 2 is 1.61 bits per heavy atom. The predicted molar refractivity (Wildman–Crippen MR) is 84.2 cm³/mol. The molecule has 3 heteroatoms. The van der Waals surface area contributed by atoms with Crippen molar-refractivity contribution in [3.63, 3.8) is 0 Å². The molecule has 0 aliphatic heterocycles. The first kappa shape index (κ1) is 13.6. The molecule has 0 N–H and O–H groups in total. The third-order valence-electron chi connectivity index (χ3n) is 3.44. The number of aryl methyl sites for hydroxylation is 4. The normalized spacial score (nSPS) is 11.0. The molecule has 96 valence electrons. The Balaban J connectivity index is 2.43. The quantitative estimate of drug-likeness (QED) is 0.744. The van der Waals surface area contributed by atoms with Crippen LogP contribution in [-0.4, -0.2) is 9.78 Å². The van der Waals surface area contributed by atoms with Crippen LogP contribution < -0.4 is 0 Å². The highest BCUT2D eigenvalue weighted by atomic mass is 127. The molecule has 0 spiro atoms. The van der Waals surface area contributed by atoms with Crippen molar-refractivity contribution in [3.8, 4) is 0 Å². The van der Waals surface area contributed by atoms with Crippen molar-refractivity contribution in [2.75, 3.05) is 0 Å². The lowest BCUT2D eigenvalue weighted by Crippen LogP contribution is -2.07. The second-order valence-corrected chi connectivity index (χ2v) is 6.10. The van der Waals surface area contributed by atoms with Crippen LogP contribution >= 0.6 is 22.6 Å². The summed E-state index contributed by atoms with van der Waals surface area (Å²) >= 11 is 2.37. The van der Waals surface area contributed by atoms with Crippen molar-refractivity contribution < 1.29 is 0 Å². The van der Waals surface area contributed by atoms with Gasteiger partial charge in [-0.3, -0.25) is 4.68 Å². The highest BCUT2D eigenvalue weighted by molar-refractivity contribution is 14.1. The second-order valence-electron chi connectivity index (χ2n) is 5.02. The molecule has 0 unspecified atom stereocenters. The molecule has 0 atom stereocenters. The fourth-order valence-corrected chi connectivity index (χ4v) is 2.82. The van der Waals surface area contributed by atoms with Gasteiger partial charge in [0, 0.05) is 5.69 Å². The Hall–Kier alpha value is -0.840.